The number of hydrogen-bond acceptors (Lipinski definition) is 2. The molecule has 1 N–H and O–H groups in total. The van der Waals surface area contributed by atoms with Crippen LogP contribution >= 0.6 is 0 Å². The smallest absolute Gasteiger partial charge is 0.168 e. The monoisotopic (exact) mass is 240 g/mol. The molecule has 0 fully saturated rings. The van der Waals surface area contributed by atoms with Crippen molar-refractivity contribution < 1.29 is 9.84 Å². The van der Waals surface area contributed by atoms with Crippen LogP contribution in [0.15, 0.2) is 55.1 Å². The number of hydrogen-bond donors (Lipinski definition) is 1. The van der Waals surface area contributed by atoms with Crippen molar-refractivity contribution in [3.8, 4) is 22.6 Å². The van der Waals surface area contributed by atoms with E-state index in [4.69, 9.17) is 4.74 Å². The third-order valence-electron chi connectivity index (χ3n) is 2.85. The second-order valence-corrected chi connectivity index (χ2v) is 4.01. The lowest BCUT2D eigenvalue weighted by Gasteiger charge is -2.14. The molecule has 0 aliphatic rings. The van der Waals surface area contributed by atoms with E-state index < -0.39 is 0 Å². The fourth-order valence-corrected chi connectivity index (χ4v) is 2.07. The molecule has 0 saturated heterocycles. The number of allylic oxidation sites excluding steroid dienone is 1. The lowest BCUT2D eigenvalue weighted by molar-refractivity contribution is 0.374. The van der Waals surface area contributed by atoms with Crippen molar-refractivity contribution in [1.82, 2.24) is 0 Å². The van der Waals surface area contributed by atoms with Crippen molar-refractivity contribution in [3.05, 3.63) is 60.7 Å². The molecule has 0 radical (unpaired) electrons. The second kappa shape index (κ2) is 5.41. The fraction of sp³-hybridized carbons (Fsp3) is 0.125. The Morgan fingerprint density at radius 2 is 1.89 bits per heavy atom. The summed E-state index contributed by atoms with van der Waals surface area (Å²) in [6, 6.07) is 13.5. The standard InChI is InChI=1S/C16H16O2/c1-3-7-12-10-11-14(17)16(18-2)15(12)13-8-5-4-6-9-13/h3-6,8-11,17H,1,7H2,2H3. The molecular weight excluding hydrogens is 224 g/mol. The van der Waals surface area contributed by atoms with Gasteiger partial charge in [-0.1, -0.05) is 42.5 Å². The van der Waals surface area contributed by atoms with Crippen LogP contribution in [-0.4, -0.2) is 12.2 Å². The molecule has 0 saturated carbocycles. The highest BCUT2D eigenvalue weighted by Gasteiger charge is 2.14. The Morgan fingerprint density at radius 3 is 2.50 bits per heavy atom. The Morgan fingerprint density at radius 1 is 1.17 bits per heavy atom. The molecular formula is C16H16O2. The normalized spacial score (nSPS) is 10.1. The van der Waals surface area contributed by atoms with Gasteiger partial charge in [-0.3, -0.25) is 0 Å². The third-order valence-corrected chi connectivity index (χ3v) is 2.85. The molecule has 92 valence electrons. The first-order valence-electron chi connectivity index (χ1n) is 5.83. The molecule has 2 aromatic carbocycles. The van der Waals surface area contributed by atoms with E-state index in [1.807, 2.05) is 42.5 Å². The fourth-order valence-electron chi connectivity index (χ4n) is 2.07. The minimum absolute atomic E-state index is 0.157. The Kier molecular flexibility index (Phi) is 3.68. The summed E-state index contributed by atoms with van der Waals surface area (Å²) in [5, 5.41) is 9.89. The minimum Gasteiger partial charge on any atom is -0.504 e. The van der Waals surface area contributed by atoms with Crippen LogP contribution in [0.1, 0.15) is 5.56 Å². The van der Waals surface area contributed by atoms with Gasteiger partial charge in [0.15, 0.2) is 11.5 Å². The highest BCUT2D eigenvalue weighted by molar-refractivity contribution is 5.77. The number of methoxy groups -OCH3 is 1. The second-order valence-electron chi connectivity index (χ2n) is 4.01. The van der Waals surface area contributed by atoms with E-state index in [9.17, 15) is 5.11 Å². The van der Waals surface area contributed by atoms with Crippen molar-refractivity contribution in [3.63, 3.8) is 0 Å². The summed E-state index contributed by atoms with van der Waals surface area (Å²) < 4.78 is 5.33. The molecule has 2 heteroatoms. The van der Waals surface area contributed by atoms with Gasteiger partial charge >= 0.3 is 0 Å². The van der Waals surface area contributed by atoms with Gasteiger partial charge in [-0.15, -0.1) is 6.58 Å². The van der Waals surface area contributed by atoms with Crippen molar-refractivity contribution >= 4 is 0 Å². The molecule has 0 unspecified atom stereocenters. The van der Waals surface area contributed by atoms with Gasteiger partial charge < -0.3 is 9.84 Å². The van der Waals surface area contributed by atoms with Crippen molar-refractivity contribution in [2.45, 2.75) is 6.42 Å². The number of rotatable bonds is 4. The highest BCUT2D eigenvalue weighted by atomic mass is 16.5. The maximum absolute atomic E-state index is 9.89. The van der Waals surface area contributed by atoms with Gasteiger partial charge in [0.05, 0.1) is 7.11 Å². The van der Waals surface area contributed by atoms with Crippen molar-refractivity contribution in [1.29, 1.82) is 0 Å². The number of phenolic OH excluding ortho intramolecular Hbond substituents is 1. The summed E-state index contributed by atoms with van der Waals surface area (Å²) in [5.74, 6) is 0.671. The number of phenols is 1. The quantitative estimate of drug-likeness (QED) is 0.824. The van der Waals surface area contributed by atoms with Gasteiger partial charge in [-0.25, -0.2) is 0 Å². The van der Waals surface area contributed by atoms with Crippen molar-refractivity contribution in [2.24, 2.45) is 0 Å². The Bertz CT molecular complexity index is 545. The van der Waals surface area contributed by atoms with E-state index in [0.29, 0.717) is 5.75 Å². The van der Waals surface area contributed by atoms with Crippen LogP contribution in [0.4, 0.5) is 0 Å². The predicted octanol–water partition coefficient (Wildman–Crippen LogP) is 3.80. The number of aromatic hydroxyl groups is 1. The van der Waals surface area contributed by atoms with E-state index in [2.05, 4.69) is 6.58 Å². The Balaban J connectivity index is 2.68. The van der Waals surface area contributed by atoms with Crippen LogP contribution in [0.3, 0.4) is 0 Å². The molecule has 0 amide bonds. The van der Waals surface area contributed by atoms with E-state index in [0.717, 1.165) is 23.1 Å². The lowest BCUT2D eigenvalue weighted by Crippen LogP contribution is -1.94. The molecule has 18 heavy (non-hydrogen) atoms. The van der Waals surface area contributed by atoms with Gasteiger partial charge in [0.1, 0.15) is 0 Å². The lowest BCUT2D eigenvalue weighted by atomic mass is 9.96. The zero-order valence-electron chi connectivity index (χ0n) is 10.4. The first-order chi connectivity index (χ1) is 8.77. The molecule has 0 aliphatic heterocycles. The molecule has 0 aromatic heterocycles. The number of ether oxygens (including phenoxy) is 1. The van der Waals surface area contributed by atoms with E-state index in [1.165, 1.54) is 0 Å². The molecule has 0 spiro atoms. The summed E-state index contributed by atoms with van der Waals surface area (Å²) in [6.07, 6.45) is 2.58. The predicted molar refractivity (Wildman–Crippen MR) is 74.0 cm³/mol. The molecule has 0 heterocycles. The van der Waals surface area contributed by atoms with Crippen LogP contribution in [0.25, 0.3) is 11.1 Å². The average molecular weight is 240 g/mol. The van der Waals surface area contributed by atoms with E-state index in [1.54, 1.807) is 13.2 Å². The zero-order valence-corrected chi connectivity index (χ0v) is 10.4. The summed E-state index contributed by atoms with van der Waals surface area (Å²) in [5.41, 5.74) is 3.05. The summed E-state index contributed by atoms with van der Waals surface area (Å²) >= 11 is 0. The first-order valence-corrected chi connectivity index (χ1v) is 5.83. The summed E-state index contributed by atoms with van der Waals surface area (Å²) in [7, 11) is 1.57. The van der Waals surface area contributed by atoms with Crippen LogP contribution < -0.4 is 4.74 Å². The summed E-state index contributed by atoms with van der Waals surface area (Å²) in [6.45, 7) is 3.77. The van der Waals surface area contributed by atoms with Crippen LogP contribution in [0.5, 0.6) is 11.5 Å². The maximum Gasteiger partial charge on any atom is 0.168 e. The summed E-state index contributed by atoms with van der Waals surface area (Å²) in [4.78, 5) is 0. The minimum atomic E-state index is 0.157. The molecule has 2 aromatic rings. The molecule has 2 nitrogen and oxygen atoms in total. The topological polar surface area (TPSA) is 29.5 Å². The molecule has 2 rings (SSSR count). The first kappa shape index (κ1) is 12.2. The zero-order chi connectivity index (χ0) is 13.0. The van der Waals surface area contributed by atoms with Crippen molar-refractivity contribution in [2.75, 3.05) is 7.11 Å². The maximum atomic E-state index is 9.89. The van der Waals surface area contributed by atoms with Gasteiger partial charge in [0.2, 0.25) is 0 Å². The van der Waals surface area contributed by atoms with Gasteiger partial charge in [-0.05, 0) is 23.6 Å². The molecule has 0 atom stereocenters. The molecule has 0 bridgehead atoms. The average Bonchev–Trinajstić information content (AvgIpc) is 2.41. The van der Waals surface area contributed by atoms with E-state index >= 15 is 0 Å². The van der Waals surface area contributed by atoms with Gasteiger partial charge in [0, 0.05) is 5.56 Å². The SMILES string of the molecule is C=CCc1ccc(O)c(OC)c1-c1ccccc1. The highest BCUT2D eigenvalue weighted by Crippen LogP contribution is 2.40. The van der Waals surface area contributed by atoms with Crippen LogP contribution in [-0.2, 0) is 6.42 Å². The Labute approximate surface area is 107 Å². The molecule has 0 aliphatic carbocycles. The third kappa shape index (κ3) is 2.23. The number of benzene rings is 2. The largest absolute Gasteiger partial charge is 0.504 e. The van der Waals surface area contributed by atoms with Crippen LogP contribution in [0, 0.1) is 0 Å². The Hall–Kier alpha value is -2.22. The van der Waals surface area contributed by atoms with E-state index in [-0.39, 0.29) is 5.75 Å². The van der Waals surface area contributed by atoms with Gasteiger partial charge in [0.25, 0.3) is 0 Å². The van der Waals surface area contributed by atoms with Gasteiger partial charge in [-0.2, -0.15) is 0 Å². The van der Waals surface area contributed by atoms with Crippen LogP contribution in [0.2, 0.25) is 0 Å².